The van der Waals surface area contributed by atoms with E-state index in [1.165, 1.54) is 0 Å². The molecule has 1 aliphatic carbocycles. The van der Waals surface area contributed by atoms with Crippen LogP contribution in [0.4, 0.5) is 0 Å². The van der Waals surface area contributed by atoms with Crippen molar-refractivity contribution >= 4 is 23.2 Å². The number of aromatic nitrogens is 1. The summed E-state index contributed by atoms with van der Waals surface area (Å²) < 4.78 is 11.1. The van der Waals surface area contributed by atoms with Crippen LogP contribution in [0.1, 0.15) is 30.1 Å². The molecule has 0 unspecified atom stereocenters. The fraction of sp³-hybridized carbons (Fsp3) is 0.312. The van der Waals surface area contributed by atoms with Crippen molar-refractivity contribution in [1.82, 2.24) is 5.16 Å². The third-order valence-electron chi connectivity index (χ3n) is 3.45. The Morgan fingerprint density at radius 1 is 1.33 bits per heavy atom. The minimum absolute atomic E-state index is 0.415. The normalized spacial score (nSPS) is 14.4. The largest absolute Gasteiger partial charge is 0.373 e. The van der Waals surface area contributed by atoms with E-state index in [2.05, 4.69) is 11.7 Å². The standard InChI is InChI=1S/C16H15Cl2NO2/c1-2-8-20-9-11-15(19-21-16(11)10-6-7-10)14-12(17)4-3-5-13(14)18/h2-5,10H,1,6-9H2. The van der Waals surface area contributed by atoms with Crippen LogP contribution < -0.4 is 0 Å². The van der Waals surface area contributed by atoms with Crippen molar-refractivity contribution in [3.8, 4) is 11.3 Å². The molecular formula is C16H15Cl2NO2. The molecule has 3 nitrogen and oxygen atoms in total. The topological polar surface area (TPSA) is 35.3 Å². The average molecular weight is 324 g/mol. The lowest BCUT2D eigenvalue weighted by Crippen LogP contribution is -1.97. The van der Waals surface area contributed by atoms with E-state index in [9.17, 15) is 0 Å². The molecule has 3 rings (SSSR count). The molecule has 1 aromatic heterocycles. The molecule has 5 heteroatoms. The van der Waals surface area contributed by atoms with Gasteiger partial charge in [0.25, 0.3) is 0 Å². The van der Waals surface area contributed by atoms with E-state index in [0.29, 0.717) is 40.4 Å². The molecule has 0 saturated heterocycles. The fourth-order valence-corrected chi connectivity index (χ4v) is 2.87. The molecule has 110 valence electrons. The van der Waals surface area contributed by atoms with Crippen LogP contribution in [0.3, 0.4) is 0 Å². The van der Waals surface area contributed by atoms with Crippen molar-refractivity contribution in [3.63, 3.8) is 0 Å². The quantitative estimate of drug-likeness (QED) is 0.539. The van der Waals surface area contributed by atoms with Gasteiger partial charge in [0.15, 0.2) is 0 Å². The van der Waals surface area contributed by atoms with Gasteiger partial charge in [-0.1, -0.05) is 40.5 Å². The molecule has 1 saturated carbocycles. The first-order valence-corrected chi connectivity index (χ1v) is 7.59. The summed E-state index contributed by atoms with van der Waals surface area (Å²) in [6, 6.07) is 5.40. The highest BCUT2D eigenvalue weighted by Crippen LogP contribution is 2.45. The average Bonchev–Trinajstić information content (AvgIpc) is 3.22. The first-order valence-electron chi connectivity index (χ1n) is 6.83. The maximum atomic E-state index is 6.28. The van der Waals surface area contributed by atoms with E-state index >= 15 is 0 Å². The zero-order valence-corrected chi connectivity index (χ0v) is 13.0. The summed E-state index contributed by atoms with van der Waals surface area (Å²) in [5, 5.41) is 5.32. The second-order valence-electron chi connectivity index (χ2n) is 5.05. The highest BCUT2D eigenvalue weighted by Gasteiger charge is 2.33. The van der Waals surface area contributed by atoms with Crippen LogP contribution in [0.15, 0.2) is 35.4 Å². The SMILES string of the molecule is C=CCOCc1c(-c2c(Cl)cccc2Cl)noc1C1CC1. The van der Waals surface area contributed by atoms with Crippen LogP contribution in [-0.2, 0) is 11.3 Å². The van der Waals surface area contributed by atoms with Gasteiger partial charge in [0.1, 0.15) is 11.5 Å². The van der Waals surface area contributed by atoms with Gasteiger partial charge in [-0.15, -0.1) is 6.58 Å². The van der Waals surface area contributed by atoms with Gasteiger partial charge in [-0.2, -0.15) is 0 Å². The van der Waals surface area contributed by atoms with Gasteiger partial charge in [0.2, 0.25) is 0 Å². The van der Waals surface area contributed by atoms with Crippen molar-refractivity contribution in [2.45, 2.75) is 25.4 Å². The van der Waals surface area contributed by atoms with Crippen LogP contribution in [0.25, 0.3) is 11.3 Å². The summed E-state index contributed by atoms with van der Waals surface area (Å²) in [6.07, 6.45) is 3.96. The van der Waals surface area contributed by atoms with Gasteiger partial charge < -0.3 is 9.26 Å². The van der Waals surface area contributed by atoms with E-state index < -0.39 is 0 Å². The highest BCUT2D eigenvalue weighted by molar-refractivity contribution is 6.39. The Labute approximate surface area is 133 Å². The van der Waals surface area contributed by atoms with Gasteiger partial charge in [0, 0.05) is 17.0 Å². The molecule has 1 heterocycles. The number of nitrogens with zero attached hydrogens (tertiary/aromatic N) is 1. The molecule has 1 fully saturated rings. The van der Waals surface area contributed by atoms with Crippen molar-refractivity contribution in [2.24, 2.45) is 0 Å². The monoisotopic (exact) mass is 323 g/mol. The third kappa shape index (κ3) is 3.00. The number of rotatable bonds is 6. The smallest absolute Gasteiger partial charge is 0.145 e. The minimum atomic E-state index is 0.415. The second-order valence-corrected chi connectivity index (χ2v) is 5.86. The van der Waals surface area contributed by atoms with Gasteiger partial charge in [0.05, 0.1) is 23.3 Å². The van der Waals surface area contributed by atoms with E-state index in [4.69, 9.17) is 32.5 Å². The molecule has 0 N–H and O–H groups in total. The Balaban J connectivity index is 2.03. The number of hydrogen-bond donors (Lipinski definition) is 0. The number of hydrogen-bond acceptors (Lipinski definition) is 3. The molecule has 2 aromatic rings. The first-order chi connectivity index (χ1) is 10.2. The van der Waals surface area contributed by atoms with Crippen LogP contribution in [0, 0.1) is 0 Å². The molecule has 0 atom stereocenters. The predicted molar refractivity (Wildman–Crippen MR) is 83.8 cm³/mol. The Bertz CT molecular complexity index is 642. The molecule has 0 radical (unpaired) electrons. The van der Waals surface area contributed by atoms with Gasteiger partial charge in [-0.05, 0) is 25.0 Å². The summed E-state index contributed by atoms with van der Waals surface area (Å²) in [6.45, 7) is 4.54. The molecule has 21 heavy (non-hydrogen) atoms. The van der Waals surface area contributed by atoms with Crippen molar-refractivity contribution in [2.75, 3.05) is 6.61 Å². The van der Waals surface area contributed by atoms with E-state index in [0.717, 1.165) is 24.2 Å². The summed E-state index contributed by atoms with van der Waals surface area (Å²) in [5.74, 6) is 1.33. The van der Waals surface area contributed by atoms with E-state index in [-0.39, 0.29) is 0 Å². The van der Waals surface area contributed by atoms with Gasteiger partial charge in [-0.25, -0.2) is 0 Å². The third-order valence-corrected chi connectivity index (χ3v) is 4.08. The zero-order valence-electron chi connectivity index (χ0n) is 11.4. The van der Waals surface area contributed by atoms with E-state index in [1.807, 2.05) is 6.07 Å². The predicted octanol–water partition coefficient (Wildman–Crippen LogP) is 5.23. The fourth-order valence-electron chi connectivity index (χ4n) is 2.29. The van der Waals surface area contributed by atoms with Crippen LogP contribution in [0.2, 0.25) is 10.0 Å². The van der Waals surface area contributed by atoms with Gasteiger partial charge in [-0.3, -0.25) is 0 Å². The van der Waals surface area contributed by atoms with Crippen molar-refractivity contribution in [1.29, 1.82) is 0 Å². The first kappa shape index (κ1) is 14.6. The number of halogens is 2. The maximum Gasteiger partial charge on any atom is 0.145 e. The number of benzene rings is 1. The van der Waals surface area contributed by atoms with Gasteiger partial charge >= 0.3 is 0 Å². The Kier molecular flexibility index (Phi) is 4.34. The van der Waals surface area contributed by atoms with Crippen molar-refractivity contribution in [3.05, 3.63) is 52.2 Å². The Hall–Kier alpha value is -1.29. The maximum absolute atomic E-state index is 6.28. The van der Waals surface area contributed by atoms with E-state index in [1.54, 1.807) is 18.2 Å². The lowest BCUT2D eigenvalue weighted by Gasteiger charge is -2.07. The lowest BCUT2D eigenvalue weighted by atomic mass is 10.0. The Morgan fingerprint density at radius 3 is 2.67 bits per heavy atom. The summed E-state index contributed by atoms with van der Waals surface area (Å²) in [5.41, 5.74) is 2.32. The highest BCUT2D eigenvalue weighted by atomic mass is 35.5. The molecule has 1 aromatic carbocycles. The Morgan fingerprint density at radius 2 is 2.05 bits per heavy atom. The zero-order chi connectivity index (χ0) is 14.8. The lowest BCUT2D eigenvalue weighted by molar-refractivity contribution is 0.147. The van der Waals surface area contributed by atoms with Crippen LogP contribution >= 0.6 is 23.2 Å². The molecule has 0 aliphatic heterocycles. The molecule has 0 bridgehead atoms. The number of ether oxygens (including phenoxy) is 1. The van der Waals surface area contributed by atoms with Crippen molar-refractivity contribution < 1.29 is 9.26 Å². The van der Waals surface area contributed by atoms with Crippen LogP contribution in [0.5, 0.6) is 0 Å². The molecule has 1 aliphatic rings. The van der Waals surface area contributed by atoms with Crippen LogP contribution in [-0.4, -0.2) is 11.8 Å². The molecule has 0 spiro atoms. The summed E-state index contributed by atoms with van der Waals surface area (Å²) in [7, 11) is 0. The second kappa shape index (κ2) is 6.22. The summed E-state index contributed by atoms with van der Waals surface area (Å²) in [4.78, 5) is 0. The summed E-state index contributed by atoms with van der Waals surface area (Å²) >= 11 is 12.6. The minimum Gasteiger partial charge on any atom is -0.373 e. The molecule has 0 amide bonds. The molecular weight excluding hydrogens is 309 g/mol.